The summed E-state index contributed by atoms with van der Waals surface area (Å²) in [5.74, 6) is 0.489. The zero-order valence-electron chi connectivity index (χ0n) is 14.2. The Bertz CT molecular complexity index is 668. The van der Waals surface area contributed by atoms with Gasteiger partial charge < -0.3 is 9.73 Å². The number of carbonyl (C=O) groups is 1. The maximum atomic E-state index is 11.9. The van der Waals surface area contributed by atoms with Crippen molar-refractivity contribution in [2.24, 2.45) is 0 Å². The molecule has 0 saturated heterocycles. The summed E-state index contributed by atoms with van der Waals surface area (Å²) in [6.07, 6.45) is 0. The standard InChI is InChI=1S/C17H25N3O2/c1-11(20(5)6)16(21)18-10-15-19-13-9-12(17(2,3)4)7-8-14(13)22-15/h7-9,11H,10H2,1-6H3,(H,18,21)/t11-/m1/s1. The van der Waals surface area contributed by atoms with Gasteiger partial charge in [-0.15, -0.1) is 0 Å². The molecule has 2 rings (SSSR count). The largest absolute Gasteiger partial charge is 0.439 e. The summed E-state index contributed by atoms with van der Waals surface area (Å²) < 4.78 is 5.69. The van der Waals surface area contributed by atoms with E-state index in [0.717, 1.165) is 11.1 Å². The lowest BCUT2D eigenvalue weighted by molar-refractivity contribution is -0.125. The highest BCUT2D eigenvalue weighted by atomic mass is 16.3. The Morgan fingerprint density at radius 1 is 1.36 bits per heavy atom. The van der Waals surface area contributed by atoms with Crippen LogP contribution in [0.3, 0.4) is 0 Å². The third kappa shape index (κ3) is 3.65. The quantitative estimate of drug-likeness (QED) is 0.943. The van der Waals surface area contributed by atoms with E-state index in [1.54, 1.807) is 0 Å². The number of nitrogens with zero attached hydrogens (tertiary/aromatic N) is 2. The van der Waals surface area contributed by atoms with Gasteiger partial charge in [0.1, 0.15) is 5.52 Å². The number of hydrogen-bond donors (Lipinski definition) is 1. The Labute approximate surface area is 131 Å². The molecule has 0 radical (unpaired) electrons. The van der Waals surface area contributed by atoms with Crippen molar-refractivity contribution in [2.75, 3.05) is 14.1 Å². The molecule has 0 aliphatic heterocycles. The van der Waals surface area contributed by atoms with Crippen LogP contribution in [0.2, 0.25) is 0 Å². The molecule has 1 heterocycles. The normalized spacial score (nSPS) is 13.6. The molecule has 0 saturated carbocycles. The minimum absolute atomic E-state index is 0.0392. The predicted octanol–water partition coefficient (Wildman–Crippen LogP) is 2.69. The molecule has 0 fully saturated rings. The van der Waals surface area contributed by atoms with Crippen LogP contribution in [-0.4, -0.2) is 35.9 Å². The molecule has 5 nitrogen and oxygen atoms in total. The molecule has 5 heteroatoms. The van der Waals surface area contributed by atoms with Gasteiger partial charge in [-0.25, -0.2) is 4.98 Å². The number of benzene rings is 1. The molecular weight excluding hydrogens is 278 g/mol. The first-order chi connectivity index (χ1) is 10.2. The summed E-state index contributed by atoms with van der Waals surface area (Å²) in [5, 5.41) is 2.85. The Kier molecular flexibility index (Phi) is 4.56. The molecule has 1 amide bonds. The molecule has 0 unspecified atom stereocenters. The molecule has 1 N–H and O–H groups in total. The minimum atomic E-state index is -0.183. The maximum Gasteiger partial charge on any atom is 0.237 e. The van der Waals surface area contributed by atoms with Gasteiger partial charge in [-0.3, -0.25) is 9.69 Å². The Balaban J connectivity index is 2.12. The Morgan fingerprint density at radius 3 is 2.64 bits per heavy atom. The number of hydrogen-bond acceptors (Lipinski definition) is 4. The summed E-state index contributed by atoms with van der Waals surface area (Å²) in [7, 11) is 3.75. The number of aromatic nitrogens is 1. The lowest BCUT2D eigenvalue weighted by Gasteiger charge is -2.18. The molecule has 2 aromatic rings. The number of amides is 1. The monoisotopic (exact) mass is 303 g/mol. The van der Waals surface area contributed by atoms with Gasteiger partial charge in [0.2, 0.25) is 11.8 Å². The van der Waals surface area contributed by atoms with E-state index in [2.05, 4.69) is 37.1 Å². The van der Waals surface area contributed by atoms with Crippen molar-refractivity contribution in [1.82, 2.24) is 15.2 Å². The molecule has 0 aliphatic rings. The lowest BCUT2D eigenvalue weighted by atomic mass is 9.87. The van der Waals surface area contributed by atoms with Gasteiger partial charge in [0.15, 0.2) is 5.58 Å². The molecule has 0 bridgehead atoms. The van der Waals surface area contributed by atoms with Gasteiger partial charge in [-0.1, -0.05) is 26.8 Å². The van der Waals surface area contributed by atoms with Gasteiger partial charge in [0.05, 0.1) is 12.6 Å². The van der Waals surface area contributed by atoms with Gasteiger partial charge in [-0.2, -0.15) is 0 Å². The van der Waals surface area contributed by atoms with E-state index < -0.39 is 0 Å². The fourth-order valence-corrected chi connectivity index (χ4v) is 2.06. The van der Waals surface area contributed by atoms with Crippen LogP contribution in [0.1, 0.15) is 39.1 Å². The van der Waals surface area contributed by atoms with Crippen LogP contribution in [0.15, 0.2) is 22.6 Å². The first-order valence-electron chi connectivity index (χ1n) is 7.52. The zero-order valence-corrected chi connectivity index (χ0v) is 14.2. The van der Waals surface area contributed by atoms with E-state index in [1.165, 1.54) is 5.56 Å². The zero-order chi connectivity index (χ0) is 16.5. The van der Waals surface area contributed by atoms with E-state index in [-0.39, 0.29) is 17.4 Å². The van der Waals surface area contributed by atoms with Crippen molar-refractivity contribution in [3.8, 4) is 0 Å². The highest BCUT2D eigenvalue weighted by Crippen LogP contribution is 2.26. The van der Waals surface area contributed by atoms with Gasteiger partial charge in [0.25, 0.3) is 0 Å². The van der Waals surface area contributed by atoms with Crippen LogP contribution >= 0.6 is 0 Å². The second kappa shape index (κ2) is 6.08. The van der Waals surface area contributed by atoms with Crippen molar-refractivity contribution < 1.29 is 9.21 Å². The van der Waals surface area contributed by atoms with Crippen molar-refractivity contribution in [3.63, 3.8) is 0 Å². The molecular formula is C17H25N3O2. The number of rotatable bonds is 4. The molecule has 120 valence electrons. The number of likely N-dealkylation sites (N-methyl/N-ethyl adjacent to an activating group) is 1. The smallest absolute Gasteiger partial charge is 0.237 e. The van der Waals surface area contributed by atoms with E-state index >= 15 is 0 Å². The molecule has 1 atom stereocenters. The lowest BCUT2D eigenvalue weighted by Crippen LogP contribution is -2.41. The maximum absolute atomic E-state index is 11.9. The summed E-state index contributed by atoms with van der Waals surface area (Å²) in [5.41, 5.74) is 2.86. The Hall–Kier alpha value is -1.88. The van der Waals surface area contributed by atoms with Crippen LogP contribution in [0, 0.1) is 0 Å². The van der Waals surface area contributed by atoms with Gasteiger partial charge in [0, 0.05) is 0 Å². The Morgan fingerprint density at radius 2 is 2.05 bits per heavy atom. The van der Waals surface area contributed by atoms with Crippen LogP contribution in [0.5, 0.6) is 0 Å². The van der Waals surface area contributed by atoms with Crippen LogP contribution in [-0.2, 0) is 16.8 Å². The predicted molar refractivity (Wildman–Crippen MR) is 87.7 cm³/mol. The second-order valence-corrected chi connectivity index (χ2v) is 6.90. The fourth-order valence-electron chi connectivity index (χ4n) is 2.06. The molecule has 0 spiro atoms. The topological polar surface area (TPSA) is 58.4 Å². The van der Waals surface area contributed by atoms with Gasteiger partial charge in [-0.05, 0) is 44.1 Å². The first kappa shape index (κ1) is 16.5. The van der Waals surface area contributed by atoms with Gasteiger partial charge >= 0.3 is 0 Å². The SMILES string of the molecule is C[C@H](C(=O)NCc1nc2cc(C(C)(C)C)ccc2o1)N(C)C. The summed E-state index contributed by atoms with van der Waals surface area (Å²) in [6.45, 7) is 8.65. The number of fused-ring (bicyclic) bond motifs is 1. The van der Waals surface area contributed by atoms with E-state index in [9.17, 15) is 4.79 Å². The highest BCUT2D eigenvalue weighted by molar-refractivity contribution is 5.81. The molecule has 22 heavy (non-hydrogen) atoms. The van der Waals surface area contributed by atoms with E-state index in [1.807, 2.05) is 38.1 Å². The number of oxazole rings is 1. The van der Waals surface area contributed by atoms with Crippen molar-refractivity contribution in [3.05, 3.63) is 29.7 Å². The first-order valence-corrected chi connectivity index (χ1v) is 7.52. The highest BCUT2D eigenvalue weighted by Gasteiger charge is 2.17. The average Bonchev–Trinajstić information content (AvgIpc) is 2.84. The summed E-state index contributed by atoms with van der Waals surface area (Å²) >= 11 is 0. The average molecular weight is 303 g/mol. The van der Waals surface area contributed by atoms with Crippen molar-refractivity contribution >= 4 is 17.0 Å². The number of carbonyl (C=O) groups excluding carboxylic acids is 1. The second-order valence-electron chi connectivity index (χ2n) is 6.90. The van der Waals surface area contributed by atoms with E-state index in [0.29, 0.717) is 12.4 Å². The van der Waals surface area contributed by atoms with Crippen LogP contribution in [0.25, 0.3) is 11.1 Å². The molecule has 0 aliphatic carbocycles. The van der Waals surface area contributed by atoms with Crippen molar-refractivity contribution in [2.45, 2.75) is 45.7 Å². The summed E-state index contributed by atoms with van der Waals surface area (Å²) in [4.78, 5) is 18.3. The third-order valence-corrected chi connectivity index (χ3v) is 3.87. The molecule has 1 aromatic heterocycles. The summed E-state index contributed by atoms with van der Waals surface area (Å²) in [6, 6.07) is 5.87. The van der Waals surface area contributed by atoms with Crippen LogP contribution in [0.4, 0.5) is 0 Å². The minimum Gasteiger partial charge on any atom is -0.439 e. The number of nitrogens with one attached hydrogen (secondary N) is 1. The van der Waals surface area contributed by atoms with Crippen molar-refractivity contribution in [1.29, 1.82) is 0 Å². The van der Waals surface area contributed by atoms with Crippen LogP contribution < -0.4 is 5.32 Å². The third-order valence-electron chi connectivity index (χ3n) is 3.87. The fraction of sp³-hybridized carbons (Fsp3) is 0.529. The van der Waals surface area contributed by atoms with E-state index in [4.69, 9.17) is 4.42 Å². The molecule has 1 aromatic carbocycles.